The molecule has 0 heterocycles. The van der Waals surface area contributed by atoms with Gasteiger partial charge in [-0.15, -0.1) is 0 Å². The lowest BCUT2D eigenvalue weighted by molar-refractivity contribution is -0.384. The van der Waals surface area contributed by atoms with E-state index in [1.807, 2.05) is 19.1 Å². The smallest absolute Gasteiger partial charge is 0.289 e. The molecule has 23 heavy (non-hydrogen) atoms. The molecule has 0 fully saturated rings. The average Bonchev–Trinajstić information content (AvgIpc) is 2.49. The van der Waals surface area contributed by atoms with Crippen molar-refractivity contribution in [2.45, 2.75) is 6.92 Å². The zero-order valence-corrected chi connectivity index (χ0v) is 14.4. The number of nitro groups is 1. The number of benzene rings is 2. The molecule has 0 spiro atoms. The normalized spacial score (nSPS) is 10.2. The second kappa shape index (κ2) is 7.43. The first-order chi connectivity index (χ1) is 10.9. The van der Waals surface area contributed by atoms with Crippen LogP contribution in [0.2, 0.25) is 5.02 Å². The number of carbonyl (C=O) groups excluding carboxylic acids is 1. The van der Waals surface area contributed by atoms with E-state index in [0.29, 0.717) is 11.4 Å². The minimum absolute atomic E-state index is 0.0196. The van der Waals surface area contributed by atoms with Crippen LogP contribution in [0.1, 0.15) is 5.56 Å². The van der Waals surface area contributed by atoms with Gasteiger partial charge in [-0.3, -0.25) is 14.9 Å². The first-order valence-corrected chi connectivity index (χ1v) is 7.77. The van der Waals surface area contributed by atoms with E-state index < -0.39 is 4.92 Å². The largest absolute Gasteiger partial charge is 0.376 e. The molecular formula is C15H13BrClN3O3. The number of carbonyl (C=O) groups is 1. The first-order valence-electron chi connectivity index (χ1n) is 6.60. The number of rotatable bonds is 5. The van der Waals surface area contributed by atoms with Gasteiger partial charge in [0.1, 0.15) is 5.02 Å². The van der Waals surface area contributed by atoms with Gasteiger partial charge in [0.05, 0.1) is 11.5 Å². The van der Waals surface area contributed by atoms with Crippen molar-refractivity contribution in [3.8, 4) is 0 Å². The number of anilines is 2. The van der Waals surface area contributed by atoms with Crippen molar-refractivity contribution in [3.05, 3.63) is 61.6 Å². The fourth-order valence-corrected chi connectivity index (χ4v) is 2.57. The summed E-state index contributed by atoms with van der Waals surface area (Å²) in [4.78, 5) is 22.2. The summed E-state index contributed by atoms with van der Waals surface area (Å²) in [5.74, 6) is -0.256. The highest BCUT2D eigenvalue weighted by molar-refractivity contribution is 9.10. The second-order valence-electron chi connectivity index (χ2n) is 4.78. The van der Waals surface area contributed by atoms with E-state index in [0.717, 1.165) is 10.0 Å². The van der Waals surface area contributed by atoms with E-state index in [1.54, 1.807) is 12.1 Å². The Morgan fingerprint density at radius 1 is 1.30 bits per heavy atom. The number of nitrogens with one attached hydrogen (secondary N) is 2. The van der Waals surface area contributed by atoms with E-state index in [-0.39, 0.29) is 23.2 Å². The van der Waals surface area contributed by atoms with Crippen molar-refractivity contribution < 1.29 is 9.72 Å². The number of hydrogen-bond donors (Lipinski definition) is 2. The third kappa shape index (κ3) is 4.67. The van der Waals surface area contributed by atoms with Gasteiger partial charge in [0.15, 0.2) is 0 Å². The van der Waals surface area contributed by atoms with Crippen LogP contribution in [0.4, 0.5) is 17.1 Å². The molecule has 0 saturated heterocycles. The van der Waals surface area contributed by atoms with Crippen LogP contribution in [0, 0.1) is 17.0 Å². The molecule has 0 aromatic heterocycles. The fourth-order valence-electron chi connectivity index (χ4n) is 1.91. The summed E-state index contributed by atoms with van der Waals surface area (Å²) in [6.45, 7) is 1.87. The lowest BCUT2D eigenvalue weighted by atomic mass is 10.2. The lowest BCUT2D eigenvalue weighted by Gasteiger charge is -2.10. The maximum absolute atomic E-state index is 12.0. The number of halogens is 2. The highest BCUT2D eigenvalue weighted by Crippen LogP contribution is 2.27. The molecule has 2 aromatic rings. The van der Waals surface area contributed by atoms with Crippen molar-refractivity contribution in [1.29, 1.82) is 0 Å². The predicted molar refractivity (Wildman–Crippen MR) is 94.1 cm³/mol. The molecule has 0 unspecified atom stereocenters. The van der Waals surface area contributed by atoms with Crippen LogP contribution in [0.5, 0.6) is 0 Å². The van der Waals surface area contributed by atoms with Gasteiger partial charge in [0, 0.05) is 21.9 Å². The van der Waals surface area contributed by atoms with Crippen molar-refractivity contribution in [2.24, 2.45) is 0 Å². The Labute approximate surface area is 146 Å². The van der Waals surface area contributed by atoms with Gasteiger partial charge in [0.25, 0.3) is 5.69 Å². The van der Waals surface area contributed by atoms with Gasteiger partial charge in [0.2, 0.25) is 5.91 Å². The van der Waals surface area contributed by atoms with Crippen LogP contribution < -0.4 is 10.6 Å². The monoisotopic (exact) mass is 397 g/mol. The molecule has 1 amide bonds. The van der Waals surface area contributed by atoms with Crippen LogP contribution in [-0.4, -0.2) is 17.4 Å². The average molecular weight is 399 g/mol. The highest BCUT2D eigenvalue weighted by Gasteiger charge is 2.13. The second-order valence-corrected chi connectivity index (χ2v) is 6.11. The molecule has 0 aliphatic rings. The number of amides is 1. The number of aryl methyl sites for hydroxylation is 1. The Morgan fingerprint density at radius 3 is 2.70 bits per heavy atom. The Bertz CT molecular complexity index is 768. The van der Waals surface area contributed by atoms with E-state index in [9.17, 15) is 14.9 Å². The SMILES string of the molecule is Cc1cc(Br)ccc1NC(=O)CNc1ccc(Cl)c([N+](=O)[O-])c1. The van der Waals surface area contributed by atoms with Gasteiger partial charge >= 0.3 is 0 Å². The number of nitro benzene ring substituents is 1. The standard InChI is InChI=1S/C15H13BrClN3O3/c1-9-6-10(16)2-5-13(9)19-15(21)8-18-11-3-4-12(17)14(7-11)20(22)23/h2-7,18H,8H2,1H3,(H,19,21). The zero-order valence-electron chi connectivity index (χ0n) is 12.1. The minimum atomic E-state index is -0.571. The Balaban J connectivity index is 1.99. The van der Waals surface area contributed by atoms with E-state index in [4.69, 9.17) is 11.6 Å². The predicted octanol–water partition coefficient (Wildman–Crippen LogP) is 4.37. The van der Waals surface area contributed by atoms with Gasteiger partial charge in [-0.1, -0.05) is 27.5 Å². The Hall–Kier alpha value is -2.12. The quantitative estimate of drug-likeness (QED) is 0.578. The molecule has 6 nitrogen and oxygen atoms in total. The summed E-state index contributed by atoms with van der Waals surface area (Å²) in [6.07, 6.45) is 0. The summed E-state index contributed by atoms with van der Waals surface area (Å²) >= 11 is 9.10. The van der Waals surface area contributed by atoms with Crippen LogP contribution in [0.3, 0.4) is 0 Å². The van der Waals surface area contributed by atoms with E-state index in [2.05, 4.69) is 26.6 Å². The van der Waals surface area contributed by atoms with E-state index >= 15 is 0 Å². The van der Waals surface area contributed by atoms with Crippen LogP contribution >= 0.6 is 27.5 Å². The summed E-state index contributed by atoms with van der Waals surface area (Å²) in [6, 6.07) is 9.81. The molecule has 2 rings (SSSR count). The van der Waals surface area contributed by atoms with Gasteiger partial charge < -0.3 is 10.6 Å². The molecule has 8 heteroatoms. The molecule has 120 valence electrons. The topological polar surface area (TPSA) is 84.3 Å². The summed E-state index contributed by atoms with van der Waals surface area (Å²) in [7, 11) is 0. The summed E-state index contributed by atoms with van der Waals surface area (Å²) < 4.78 is 0.930. The van der Waals surface area contributed by atoms with Crippen molar-refractivity contribution in [2.75, 3.05) is 17.2 Å². The van der Waals surface area contributed by atoms with Gasteiger partial charge in [-0.2, -0.15) is 0 Å². The van der Waals surface area contributed by atoms with Gasteiger partial charge in [-0.05, 0) is 42.8 Å². The molecule has 2 N–H and O–H groups in total. The van der Waals surface area contributed by atoms with Gasteiger partial charge in [-0.25, -0.2) is 0 Å². The molecule has 0 saturated carbocycles. The maximum atomic E-state index is 12.0. The third-order valence-corrected chi connectivity index (χ3v) is 3.87. The third-order valence-electron chi connectivity index (χ3n) is 3.06. The number of nitrogens with zero attached hydrogens (tertiary/aromatic N) is 1. The molecule has 0 atom stereocenters. The molecular weight excluding hydrogens is 386 g/mol. The first kappa shape index (κ1) is 17.2. The van der Waals surface area contributed by atoms with Crippen LogP contribution in [0.15, 0.2) is 40.9 Å². The molecule has 0 bridgehead atoms. The van der Waals surface area contributed by atoms with Crippen LogP contribution in [0.25, 0.3) is 0 Å². The highest BCUT2D eigenvalue weighted by atomic mass is 79.9. The molecule has 0 aliphatic carbocycles. The Kier molecular flexibility index (Phi) is 5.57. The fraction of sp³-hybridized carbons (Fsp3) is 0.133. The van der Waals surface area contributed by atoms with Crippen LogP contribution in [-0.2, 0) is 4.79 Å². The summed E-state index contributed by atoms with van der Waals surface area (Å²) in [5.41, 5.74) is 1.88. The summed E-state index contributed by atoms with van der Waals surface area (Å²) in [5, 5.41) is 16.5. The molecule has 2 aromatic carbocycles. The maximum Gasteiger partial charge on any atom is 0.289 e. The molecule has 0 aliphatic heterocycles. The van der Waals surface area contributed by atoms with E-state index in [1.165, 1.54) is 12.1 Å². The van der Waals surface area contributed by atoms with Crippen molar-refractivity contribution in [1.82, 2.24) is 0 Å². The van der Waals surface area contributed by atoms with Crippen molar-refractivity contribution in [3.63, 3.8) is 0 Å². The minimum Gasteiger partial charge on any atom is -0.376 e. The molecule has 0 radical (unpaired) electrons. The zero-order chi connectivity index (χ0) is 17.0. The Morgan fingerprint density at radius 2 is 2.04 bits per heavy atom. The number of hydrogen-bond acceptors (Lipinski definition) is 4. The van der Waals surface area contributed by atoms with Crippen molar-refractivity contribution >= 4 is 50.5 Å². The lowest BCUT2D eigenvalue weighted by Crippen LogP contribution is -2.22.